The zero-order chi connectivity index (χ0) is 16.8. The SMILES string of the molecule is CNC(=O)NC(=O)[C@H](C)OC(=O)C12C[C@@H]3C[C@@H](CC(Cl)(C3)C1)C2. The molecule has 0 aromatic heterocycles. The monoisotopic (exact) mass is 342 g/mol. The Morgan fingerprint density at radius 3 is 2.30 bits per heavy atom. The summed E-state index contributed by atoms with van der Waals surface area (Å²) >= 11 is 6.71. The molecule has 6 nitrogen and oxygen atoms in total. The third-order valence-electron chi connectivity index (χ3n) is 5.54. The maximum Gasteiger partial charge on any atom is 0.321 e. The largest absolute Gasteiger partial charge is 0.452 e. The van der Waals surface area contributed by atoms with Gasteiger partial charge in [0.1, 0.15) is 0 Å². The summed E-state index contributed by atoms with van der Waals surface area (Å²) in [6.45, 7) is 1.48. The first-order valence-electron chi connectivity index (χ1n) is 8.18. The summed E-state index contributed by atoms with van der Waals surface area (Å²) in [5.74, 6) is 0.00630. The highest BCUT2D eigenvalue weighted by Crippen LogP contribution is 2.64. The van der Waals surface area contributed by atoms with Crippen LogP contribution in [-0.2, 0) is 14.3 Å². The fourth-order valence-electron chi connectivity index (χ4n) is 5.00. The zero-order valence-corrected chi connectivity index (χ0v) is 14.2. The number of urea groups is 1. The number of hydrogen-bond acceptors (Lipinski definition) is 4. The van der Waals surface area contributed by atoms with E-state index in [2.05, 4.69) is 10.6 Å². The lowest BCUT2D eigenvalue weighted by Gasteiger charge is -2.58. The topological polar surface area (TPSA) is 84.5 Å². The number of amides is 3. The lowest BCUT2D eigenvalue weighted by Crippen LogP contribution is -2.57. The summed E-state index contributed by atoms with van der Waals surface area (Å²) in [5, 5.41) is 4.41. The summed E-state index contributed by atoms with van der Waals surface area (Å²) in [5.41, 5.74) is -0.548. The fourth-order valence-corrected chi connectivity index (χ4v) is 5.70. The Bertz CT molecular complexity index is 536. The van der Waals surface area contributed by atoms with Crippen molar-refractivity contribution in [2.45, 2.75) is 56.4 Å². The molecule has 3 amide bonds. The Morgan fingerprint density at radius 1 is 1.17 bits per heavy atom. The van der Waals surface area contributed by atoms with Crippen molar-refractivity contribution in [3.05, 3.63) is 0 Å². The maximum atomic E-state index is 12.7. The van der Waals surface area contributed by atoms with Crippen LogP contribution in [-0.4, -0.2) is 35.9 Å². The van der Waals surface area contributed by atoms with Gasteiger partial charge in [-0.05, 0) is 57.3 Å². The predicted molar refractivity (Wildman–Crippen MR) is 83.9 cm³/mol. The molecule has 4 aliphatic rings. The van der Waals surface area contributed by atoms with E-state index in [-0.39, 0.29) is 10.8 Å². The minimum atomic E-state index is -1.00. The quantitative estimate of drug-likeness (QED) is 0.606. The van der Waals surface area contributed by atoms with Gasteiger partial charge >= 0.3 is 12.0 Å². The van der Waals surface area contributed by atoms with E-state index in [0.717, 1.165) is 32.1 Å². The van der Waals surface area contributed by atoms with Crippen molar-refractivity contribution in [1.82, 2.24) is 10.6 Å². The van der Waals surface area contributed by atoms with Gasteiger partial charge in [-0.2, -0.15) is 0 Å². The number of imide groups is 1. The van der Waals surface area contributed by atoms with E-state index in [9.17, 15) is 14.4 Å². The molecule has 23 heavy (non-hydrogen) atoms. The standard InChI is InChI=1S/C16H23ClN2O4/c1-9(12(20)19-14(22)18-2)23-13(21)15-4-10-3-11(5-15)7-16(17,6-10)8-15/h9-11H,3-8H2,1-2H3,(H2,18,19,20,22)/t9-,10-,11+,15?,16?/m0/s1. The average Bonchev–Trinajstić information content (AvgIpc) is 2.44. The zero-order valence-electron chi connectivity index (χ0n) is 13.5. The van der Waals surface area contributed by atoms with Gasteiger partial charge in [0.15, 0.2) is 6.10 Å². The van der Waals surface area contributed by atoms with Crippen molar-refractivity contribution in [2.24, 2.45) is 17.3 Å². The first-order valence-corrected chi connectivity index (χ1v) is 8.56. The molecule has 0 spiro atoms. The van der Waals surface area contributed by atoms with Crippen LogP contribution in [0.25, 0.3) is 0 Å². The smallest absolute Gasteiger partial charge is 0.321 e. The van der Waals surface area contributed by atoms with Crippen molar-refractivity contribution in [2.75, 3.05) is 7.05 Å². The molecule has 0 aromatic carbocycles. The van der Waals surface area contributed by atoms with E-state index in [1.54, 1.807) is 0 Å². The van der Waals surface area contributed by atoms with Crippen molar-refractivity contribution in [3.63, 3.8) is 0 Å². The fraction of sp³-hybridized carbons (Fsp3) is 0.812. The Labute approximate surface area is 140 Å². The van der Waals surface area contributed by atoms with Crippen LogP contribution in [0.4, 0.5) is 4.79 Å². The average molecular weight is 343 g/mol. The highest BCUT2D eigenvalue weighted by atomic mass is 35.5. The summed E-state index contributed by atoms with van der Waals surface area (Å²) < 4.78 is 5.40. The summed E-state index contributed by atoms with van der Waals surface area (Å²) in [6, 6.07) is -0.618. The Balaban J connectivity index is 1.66. The lowest BCUT2D eigenvalue weighted by molar-refractivity contribution is -0.177. The molecular formula is C16H23ClN2O4. The van der Waals surface area contributed by atoms with Crippen LogP contribution in [0.2, 0.25) is 0 Å². The van der Waals surface area contributed by atoms with Crippen molar-refractivity contribution in [3.8, 4) is 0 Å². The van der Waals surface area contributed by atoms with Gasteiger partial charge in [-0.3, -0.25) is 14.9 Å². The number of ether oxygens (including phenoxy) is 1. The molecule has 0 aromatic rings. The first-order chi connectivity index (χ1) is 10.8. The lowest BCUT2D eigenvalue weighted by atomic mass is 9.49. The van der Waals surface area contributed by atoms with Crippen molar-refractivity contribution in [1.29, 1.82) is 0 Å². The Morgan fingerprint density at radius 2 is 1.78 bits per heavy atom. The summed E-state index contributed by atoms with van der Waals surface area (Å²) in [7, 11) is 1.41. The van der Waals surface area contributed by atoms with Gasteiger partial charge in [-0.15, -0.1) is 11.6 Å². The molecule has 4 bridgehead atoms. The second-order valence-corrected chi connectivity index (χ2v) is 8.31. The number of hydrogen-bond donors (Lipinski definition) is 2. The number of carbonyl (C=O) groups excluding carboxylic acids is 3. The van der Waals surface area contributed by atoms with Gasteiger partial charge in [0.25, 0.3) is 5.91 Å². The number of alkyl halides is 1. The summed E-state index contributed by atoms with van der Waals surface area (Å²) in [4.78, 5) is 35.5. The van der Waals surface area contributed by atoms with Crippen LogP contribution in [0.3, 0.4) is 0 Å². The Kier molecular flexibility index (Phi) is 4.07. The van der Waals surface area contributed by atoms with Crippen molar-refractivity contribution < 1.29 is 19.1 Å². The van der Waals surface area contributed by atoms with Gasteiger partial charge in [0.2, 0.25) is 0 Å². The van der Waals surface area contributed by atoms with E-state index < -0.39 is 23.5 Å². The third kappa shape index (κ3) is 3.05. The first kappa shape index (κ1) is 16.6. The molecule has 0 radical (unpaired) electrons. The molecule has 4 aliphatic carbocycles. The van der Waals surface area contributed by atoms with E-state index in [0.29, 0.717) is 18.3 Å². The predicted octanol–water partition coefficient (Wildman–Crippen LogP) is 1.95. The van der Waals surface area contributed by atoms with Crippen molar-refractivity contribution >= 4 is 29.5 Å². The van der Waals surface area contributed by atoms with E-state index in [4.69, 9.17) is 16.3 Å². The van der Waals surface area contributed by atoms with Crippen LogP contribution >= 0.6 is 11.6 Å². The number of halogens is 1. The van der Waals surface area contributed by atoms with Gasteiger partial charge in [-0.1, -0.05) is 0 Å². The number of nitrogens with one attached hydrogen (secondary N) is 2. The molecule has 2 N–H and O–H groups in total. The van der Waals surface area contributed by atoms with E-state index in [1.165, 1.54) is 14.0 Å². The number of rotatable bonds is 3. The van der Waals surface area contributed by atoms with E-state index in [1.807, 2.05) is 0 Å². The van der Waals surface area contributed by atoms with Crippen LogP contribution < -0.4 is 10.6 Å². The maximum absolute atomic E-state index is 12.7. The van der Waals surface area contributed by atoms with Gasteiger partial charge in [-0.25, -0.2) is 4.79 Å². The molecule has 0 aliphatic heterocycles. The Hall–Kier alpha value is -1.30. The normalized spacial score (nSPS) is 38.7. The molecule has 0 heterocycles. The van der Waals surface area contributed by atoms with Gasteiger partial charge < -0.3 is 10.1 Å². The molecule has 7 heteroatoms. The second-order valence-electron chi connectivity index (χ2n) is 7.51. The minimum absolute atomic E-state index is 0.281. The van der Waals surface area contributed by atoms with E-state index >= 15 is 0 Å². The minimum Gasteiger partial charge on any atom is -0.452 e. The van der Waals surface area contributed by atoms with Gasteiger partial charge in [0.05, 0.1) is 5.41 Å². The van der Waals surface area contributed by atoms with Crippen LogP contribution in [0.15, 0.2) is 0 Å². The second kappa shape index (κ2) is 5.65. The molecule has 4 fully saturated rings. The molecule has 128 valence electrons. The molecule has 2 unspecified atom stereocenters. The van der Waals surface area contributed by atoms with Crippen LogP contribution in [0.5, 0.6) is 0 Å². The van der Waals surface area contributed by atoms with Gasteiger partial charge in [0, 0.05) is 11.9 Å². The van der Waals surface area contributed by atoms with Crippen LogP contribution in [0, 0.1) is 17.3 Å². The molecular weight excluding hydrogens is 320 g/mol. The number of esters is 1. The summed E-state index contributed by atoms with van der Waals surface area (Å²) in [6.07, 6.45) is 4.35. The third-order valence-corrected chi connectivity index (χ3v) is 5.98. The molecule has 0 saturated heterocycles. The molecule has 4 rings (SSSR count). The number of carbonyl (C=O) groups is 3. The highest BCUT2D eigenvalue weighted by molar-refractivity contribution is 6.24. The van der Waals surface area contributed by atoms with Crippen LogP contribution in [0.1, 0.15) is 45.4 Å². The highest BCUT2D eigenvalue weighted by Gasteiger charge is 2.61. The molecule has 4 saturated carbocycles. The molecule has 5 atom stereocenters.